The molecule has 1 aliphatic heterocycles. The van der Waals surface area contributed by atoms with E-state index in [1.807, 2.05) is 53.9 Å². The third-order valence-electron chi connectivity index (χ3n) is 7.57. The Labute approximate surface area is 225 Å². The summed E-state index contributed by atoms with van der Waals surface area (Å²) < 4.78 is 2.04. The first-order chi connectivity index (χ1) is 18.2. The average Bonchev–Trinajstić information content (AvgIpc) is 3.32. The van der Waals surface area contributed by atoms with Crippen LogP contribution in [0.2, 0.25) is 0 Å². The third-order valence-corrected chi connectivity index (χ3v) is 7.57. The average molecular weight is 511 g/mol. The molecule has 5 rings (SSSR count). The van der Waals surface area contributed by atoms with Crippen molar-refractivity contribution in [2.45, 2.75) is 40.5 Å². The van der Waals surface area contributed by atoms with Crippen LogP contribution in [0.3, 0.4) is 0 Å². The molecular weight excluding hydrogens is 472 g/mol. The predicted octanol–water partition coefficient (Wildman–Crippen LogP) is 5.95. The van der Waals surface area contributed by atoms with E-state index in [1.54, 1.807) is 6.20 Å². The highest BCUT2D eigenvalue weighted by atomic mass is 16.2. The van der Waals surface area contributed by atoms with Gasteiger partial charge in [0.2, 0.25) is 0 Å². The van der Waals surface area contributed by atoms with Gasteiger partial charge in [-0.3, -0.25) is 9.20 Å². The number of carbonyl (C=O) groups excluding carboxylic acids is 1. The van der Waals surface area contributed by atoms with Gasteiger partial charge in [0.25, 0.3) is 5.91 Å². The van der Waals surface area contributed by atoms with Crippen LogP contribution in [0.5, 0.6) is 0 Å². The van der Waals surface area contributed by atoms with E-state index >= 15 is 0 Å². The van der Waals surface area contributed by atoms with E-state index in [0.717, 1.165) is 59.9 Å². The lowest BCUT2D eigenvalue weighted by Gasteiger charge is -2.38. The second kappa shape index (κ2) is 10.6. The van der Waals surface area contributed by atoms with Crippen LogP contribution in [0.15, 0.2) is 61.1 Å². The highest BCUT2D eigenvalue weighted by Gasteiger charge is 2.26. The minimum Gasteiger partial charge on any atom is -0.340 e. The number of aryl methyl sites for hydroxylation is 2. The summed E-state index contributed by atoms with van der Waals surface area (Å²) in [6, 6.07) is 14.3. The molecule has 2 aromatic heterocycles. The Morgan fingerprint density at radius 1 is 1.11 bits per heavy atom. The highest BCUT2D eigenvalue weighted by molar-refractivity contribution is 5.96. The summed E-state index contributed by atoms with van der Waals surface area (Å²) in [5.74, 6) is 0.729. The van der Waals surface area contributed by atoms with Gasteiger partial charge >= 0.3 is 0 Å². The molecule has 0 bridgehead atoms. The fourth-order valence-corrected chi connectivity index (χ4v) is 5.40. The second-order valence-corrected chi connectivity index (χ2v) is 11.4. The molecule has 1 aliphatic rings. The lowest BCUT2D eigenvalue weighted by Crippen LogP contribution is -2.44. The minimum absolute atomic E-state index is 0.0570. The van der Waals surface area contributed by atoms with Gasteiger partial charge < -0.3 is 15.1 Å². The molecule has 0 unspecified atom stereocenters. The Kier molecular flexibility index (Phi) is 7.21. The Balaban J connectivity index is 1.28. The smallest absolute Gasteiger partial charge is 0.253 e. The Hall–Kier alpha value is -3.71. The van der Waals surface area contributed by atoms with Crippen molar-refractivity contribution >= 4 is 23.1 Å². The van der Waals surface area contributed by atoms with E-state index < -0.39 is 0 Å². The molecule has 1 amide bonds. The van der Waals surface area contributed by atoms with E-state index in [9.17, 15) is 4.79 Å². The summed E-state index contributed by atoms with van der Waals surface area (Å²) in [6.07, 6.45) is 8.08. The van der Waals surface area contributed by atoms with E-state index in [0.29, 0.717) is 11.2 Å². The first kappa shape index (κ1) is 25.9. The lowest BCUT2D eigenvalue weighted by atomic mass is 9.84. The molecule has 1 N–H and O–H groups in total. The SMILES string of the molecule is Cc1ccc(-c2cnc3c(Nc4ccc(C(=O)N(C)CCN5CCCC(C)(C)C5)c(C)c4)nccn23)cc1. The van der Waals surface area contributed by atoms with Gasteiger partial charge in [-0.25, -0.2) is 9.97 Å². The fraction of sp³-hybridized carbons (Fsp3) is 0.387. The molecule has 198 valence electrons. The van der Waals surface area contributed by atoms with Gasteiger partial charge in [0.1, 0.15) is 0 Å². The topological polar surface area (TPSA) is 65.8 Å². The summed E-state index contributed by atoms with van der Waals surface area (Å²) in [5.41, 5.74) is 6.98. The molecule has 1 saturated heterocycles. The van der Waals surface area contributed by atoms with Crippen molar-refractivity contribution in [2.24, 2.45) is 5.41 Å². The number of hydrogen-bond acceptors (Lipinski definition) is 5. The summed E-state index contributed by atoms with van der Waals surface area (Å²) in [7, 11) is 1.90. The second-order valence-electron chi connectivity index (χ2n) is 11.4. The minimum atomic E-state index is 0.0570. The molecular formula is C31H38N6O. The fourth-order valence-electron chi connectivity index (χ4n) is 5.40. The number of likely N-dealkylation sites (tertiary alicyclic amines) is 1. The lowest BCUT2D eigenvalue weighted by molar-refractivity contribution is 0.0731. The van der Waals surface area contributed by atoms with Gasteiger partial charge in [0.05, 0.1) is 11.9 Å². The molecule has 1 fully saturated rings. The normalized spacial score (nSPS) is 15.5. The van der Waals surface area contributed by atoms with Gasteiger partial charge in [0, 0.05) is 55.9 Å². The van der Waals surface area contributed by atoms with Crippen LogP contribution in [0.1, 0.15) is 48.2 Å². The highest BCUT2D eigenvalue weighted by Crippen LogP contribution is 2.29. The number of likely N-dealkylation sites (N-methyl/N-ethyl adjacent to an activating group) is 1. The quantitative estimate of drug-likeness (QED) is 0.333. The van der Waals surface area contributed by atoms with Crippen molar-refractivity contribution in [1.82, 2.24) is 24.2 Å². The number of nitrogens with one attached hydrogen (secondary N) is 1. The van der Waals surface area contributed by atoms with Gasteiger partial charge in [-0.05, 0) is 62.4 Å². The molecule has 4 aromatic rings. The number of nitrogens with zero attached hydrogens (tertiary/aromatic N) is 5. The zero-order chi connectivity index (χ0) is 26.9. The number of hydrogen-bond donors (Lipinski definition) is 1. The molecule has 2 aromatic carbocycles. The summed E-state index contributed by atoms with van der Waals surface area (Å²) in [5, 5.41) is 3.41. The molecule has 0 atom stereocenters. The molecule has 0 aliphatic carbocycles. The molecule has 0 saturated carbocycles. The van der Waals surface area contributed by atoms with Crippen molar-refractivity contribution in [3.63, 3.8) is 0 Å². The van der Waals surface area contributed by atoms with Crippen LogP contribution in [-0.2, 0) is 0 Å². The van der Waals surface area contributed by atoms with E-state index in [2.05, 4.69) is 65.2 Å². The first-order valence-electron chi connectivity index (χ1n) is 13.4. The van der Waals surface area contributed by atoms with Gasteiger partial charge in [-0.2, -0.15) is 0 Å². The van der Waals surface area contributed by atoms with Crippen LogP contribution in [0.4, 0.5) is 11.5 Å². The molecule has 3 heterocycles. The van der Waals surface area contributed by atoms with Crippen LogP contribution >= 0.6 is 0 Å². The summed E-state index contributed by atoms with van der Waals surface area (Å²) in [4.78, 5) is 26.7. The zero-order valence-corrected chi connectivity index (χ0v) is 23.2. The largest absolute Gasteiger partial charge is 0.340 e. The number of imidazole rings is 1. The number of anilines is 2. The maximum absolute atomic E-state index is 13.2. The Morgan fingerprint density at radius 2 is 1.89 bits per heavy atom. The number of piperidine rings is 1. The number of carbonyl (C=O) groups is 1. The van der Waals surface area contributed by atoms with E-state index in [-0.39, 0.29) is 5.91 Å². The van der Waals surface area contributed by atoms with Crippen molar-refractivity contribution < 1.29 is 4.79 Å². The maximum atomic E-state index is 13.2. The van der Waals surface area contributed by atoms with Crippen molar-refractivity contribution in [2.75, 3.05) is 38.5 Å². The van der Waals surface area contributed by atoms with Crippen LogP contribution < -0.4 is 5.32 Å². The number of fused-ring (bicyclic) bond motifs is 1. The maximum Gasteiger partial charge on any atom is 0.253 e. The van der Waals surface area contributed by atoms with Crippen LogP contribution in [-0.4, -0.2) is 63.3 Å². The van der Waals surface area contributed by atoms with Crippen molar-refractivity contribution in [3.05, 3.63) is 77.7 Å². The molecule has 7 heteroatoms. The number of rotatable bonds is 7. The summed E-state index contributed by atoms with van der Waals surface area (Å²) >= 11 is 0. The Bertz CT molecular complexity index is 1440. The molecule has 0 radical (unpaired) electrons. The number of amides is 1. The summed E-state index contributed by atoms with van der Waals surface area (Å²) in [6.45, 7) is 12.6. The number of aromatic nitrogens is 3. The first-order valence-corrected chi connectivity index (χ1v) is 13.4. The van der Waals surface area contributed by atoms with Crippen molar-refractivity contribution in [3.8, 4) is 11.3 Å². The van der Waals surface area contributed by atoms with Gasteiger partial charge in [-0.15, -0.1) is 0 Å². The zero-order valence-electron chi connectivity index (χ0n) is 23.2. The van der Waals surface area contributed by atoms with Gasteiger partial charge in [-0.1, -0.05) is 43.7 Å². The standard InChI is InChI=1S/C31H38N6O/c1-22-7-9-24(10-8-22)27-20-33-29-28(32-14-16-37(27)29)34-25-11-12-26(23(2)19-25)30(38)35(5)17-18-36-15-6-13-31(3,4)21-36/h7-12,14,16,19-20H,6,13,15,17-18,21H2,1-5H3,(H,32,34). The molecule has 0 spiro atoms. The predicted molar refractivity (Wildman–Crippen MR) is 154 cm³/mol. The molecule has 38 heavy (non-hydrogen) atoms. The monoisotopic (exact) mass is 510 g/mol. The van der Waals surface area contributed by atoms with Crippen LogP contribution in [0, 0.1) is 19.3 Å². The van der Waals surface area contributed by atoms with E-state index in [1.165, 1.54) is 18.4 Å². The van der Waals surface area contributed by atoms with Crippen molar-refractivity contribution in [1.29, 1.82) is 0 Å². The van der Waals surface area contributed by atoms with Crippen LogP contribution in [0.25, 0.3) is 16.9 Å². The van der Waals surface area contributed by atoms with Gasteiger partial charge in [0.15, 0.2) is 11.5 Å². The Morgan fingerprint density at radius 3 is 2.63 bits per heavy atom. The van der Waals surface area contributed by atoms with E-state index in [4.69, 9.17) is 0 Å². The number of benzene rings is 2. The third kappa shape index (κ3) is 5.58. The molecule has 7 nitrogen and oxygen atoms in total.